The molecule has 3 rings (SSSR count). The van der Waals surface area contributed by atoms with Gasteiger partial charge in [-0.05, 0) is 37.8 Å². The lowest BCUT2D eigenvalue weighted by atomic mass is 10.1. The molecule has 6 nitrogen and oxygen atoms in total. The summed E-state index contributed by atoms with van der Waals surface area (Å²) in [5, 5.41) is 2.72. The molecule has 1 saturated heterocycles. The third-order valence-electron chi connectivity index (χ3n) is 3.78. The predicted octanol–water partition coefficient (Wildman–Crippen LogP) is 2.40. The van der Waals surface area contributed by atoms with Crippen LogP contribution in [-0.2, 0) is 14.3 Å². The van der Waals surface area contributed by atoms with Crippen molar-refractivity contribution in [2.75, 3.05) is 25.1 Å². The zero-order valence-electron chi connectivity index (χ0n) is 12.7. The number of carbonyl (C=O) groups is 1. The Balaban J connectivity index is 1.49. The molecule has 1 fully saturated rings. The first-order valence-corrected chi connectivity index (χ1v) is 7.67. The number of hydrogen-bond donors (Lipinski definition) is 2. The highest BCUT2D eigenvalue weighted by Gasteiger charge is 2.15. The van der Waals surface area contributed by atoms with Gasteiger partial charge in [0.2, 0.25) is 5.95 Å². The molecule has 1 unspecified atom stereocenters. The summed E-state index contributed by atoms with van der Waals surface area (Å²) >= 11 is 0. The van der Waals surface area contributed by atoms with E-state index in [-0.39, 0.29) is 18.6 Å². The molecular formula is C16H21N3O3. The molecule has 1 atom stereocenters. The number of imidazole rings is 1. The third kappa shape index (κ3) is 3.64. The molecule has 1 aliphatic heterocycles. The van der Waals surface area contributed by atoms with E-state index in [1.54, 1.807) is 0 Å². The number of hydrogen-bond acceptors (Lipinski definition) is 4. The summed E-state index contributed by atoms with van der Waals surface area (Å²) < 4.78 is 11.0. The minimum atomic E-state index is -0.215. The van der Waals surface area contributed by atoms with E-state index in [0.29, 0.717) is 12.6 Å². The molecule has 2 N–H and O–H groups in total. The minimum Gasteiger partial charge on any atom is -0.376 e. The van der Waals surface area contributed by atoms with Crippen LogP contribution in [0.5, 0.6) is 0 Å². The van der Waals surface area contributed by atoms with Crippen molar-refractivity contribution in [3.8, 4) is 0 Å². The lowest BCUT2D eigenvalue weighted by Crippen LogP contribution is -2.27. The maximum atomic E-state index is 11.9. The highest BCUT2D eigenvalue weighted by molar-refractivity contribution is 5.92. The highest BCUT2D eigenvalue weighted by atomic mass is 16.5. The molecule has 1 aromatic heterocycles. The van der Waals surface area contributed by atoms with Crippen LogP contribution in [0.3, 0.4) is 0 Å². The number of ether oxygens (including phenoxy) is 2. The number of anilines is 1. The number of para-hydroxylation sites is 1. The van der Waals surface area contributed by atoms with Crippen LogP contribution in [0.4, 0.5) is 5.95 Å². The topological polar surface area (TPSA) is 76.2 Å². The van der Waals surface area contributed by atoms with Crippen molar-refractivity contribution in [3.05, 3.63) is 23.8 Å². The number of H-pyrrole nitrogens is 1. The zero-order chi connectivity index (χ0) is 15.4. The molecule has 1 amide bonds. The fourth-order valence-electron chi connectivity index (χ4n) is 2.62. The van der Waals surface area contributed by atoms with Gasteiger partial charge in [0, 0.05) is 6.61 Å². The van der Waals surface area contributed by atoms with E-state index < -0.39 is 0 Å². The Morgan fingerprint density at radius 3 is 3.18 bits per heavy atom. The van der Waals surface area contributed by atoms with Gasteiger partial charge in [0.25, 0.3) is 5.91 Å². The number of rotatable bonds is 5. The maximum absolute atomic E-state index is 11.9. The number of aryl methyl sites for hydroxylation is 1. The van der Waals surface area contributed by atoms with Gasteiger partial charge in [-0.1, -0.05) is 12.1 Å². The Bertz CT molecular complexity index is 647. The van der Waals surface area contributed by atoms with E-state index in [2.05, 4.69) is 15.3 Å². The SMILES string of the molecule is Cc1cccc2[nH]c(NC(=O)COCC3CCCCO3)nc12. The first-order chi connectivity index (χ1) is 10.7. The smallest absolute Gasteiger partial charge is 0.252 e. The van der Waals surface area contributed by atoms with Crippen molar-refractivity contribution in [3.63, 3.8) is 0 Å². The third-order valence-corrected chi connectivity index (χ3v) is 3.78. The number of carbonyl (C=O) groups excluding carboxylic acids is 1. The molecule has 0 bridgehead atoms. The Kier molecular flexibility index (Phi) is 4.70. The molecule has 2 aromatic rings. The van der Waals surface area contributed by atoms with E-state index in [9.17, 15) is 4.79 Å². The molecule has 2 heterocycles. The Hall–Kier alpha value is -1.92. The minimum absolute atomic E-state index is 0.00981. The standard InChI is InChI=1S/C16H21N3O3/c1-11-5-4-7-13-15(11)19-16(17-13)18-14(20)10-21-9-12-6-2-3-8-22-12/h4-5,7,12H,2-3,6,8-10H2,1H3,(H2,17,18,19,20). The van der Waals surface area contributed by atoms with Crippen LogP contribution in [-0.4, -0.2) is 41.8 Å². The second-order valence-corrected chi connectivity index (χ2v) is 5.61. The van der Waals surface area contributed by atoms with E-state index in [0.717, 1.165) is 36.0 Å². The van der Waals surface area contributed by atoms with Crippen LogP contribution < -0.4 is 5.32 Å². The first kappa shape index (κ1) is 15.0. The van der Waals surface area contributed by atoms with Gasteiger partial charge < -0.3 is 14.5 Å². The summed E-state index contributed by atoms with van der Waals surface area (Å²) in [5.41, 5.74) is 2.85. The number of aromatic amines is 1. The van der Waals surface area contributed by atoms with Gasteiger partial charge in [-0.2, -0.15) is 0 Å². The van der Waals surface area contributed by atoms with Crippen LogP contribution in [0, 0.1) is 6.92 Å². The molecule has 0 radical (unpaired) electrons. The van der Waals surface area contributed by atoms with Crippen LogP contribution in [0.1, 0.15) is 24.8 Å². The van der Waals surface area contributed by atoms with Crippen LogP contribution in [0.25, 0.3) is 11.0 Å². The van der Waals surface area contributed by atoms with Crippen LogP contribution >= 0.6 is 0 Å². The Morgan fingerprint density at radius 1 is 1.50 bits per heavy atom. The number of nitrogens with one attached hydrogen (secondary N) is 2. The monoisotopic (exact) mass is 303 g/mol. The molecular weight excluding hydrogens is 282 g/mol. The number of fused-ring (bicyclic) bond motifs is 1. The molecule has 0 aliphatic carbocycles. The summed E-state index contributed by atoms with van der Waals surface area (Å²) in [5.74, 6) is 0.235. The number of benzene rings is 1. The van der Waals surface area contributed by atoms with Gasteiger partial charge in [0.1, 0.15) is 6.61 Å². The van der Waals surface area contributed by atoms with Gasteiger partial charge in [-0.3, -0.25) is 10.1 Å². The van der Waals surface area contributed by atoms with Crippen molar-refractivity contribution in [2.45, 2.75) is 32.3 Å². The normalized spacial score (nSPS) is 18.5. The maximum Gasteiger partial charge on any atom is 0.252 e. The lowest BCUT2D eigenvalue weighted by Gasteiger charge is -2.22. The average molecular weight is 303 g/mol. The van der Waals surface area contributed by atoms with Crippen molar-refractivity contribution >= 4 is 22.9 Å². The van der Waals surface area contributed by atoms with E-state index in [1.807, 2.05) is 25.1 Å². The summed E-state index contributed by atoms with van der Waals surface area (Å²) in [7, 11) is 0. The fraction of sp³-hybridized carbons (Fsp3) is 0.500. The Morgan fingerprint density at radius 2 is 2.41 bits per heavy atom. The number of nitrogens with zero attached hydrogens (tertiary/aromatic N) is 1. The summed E-state index contributed by atoms with van der Waals surface area (Å²) in [4.78, 5) is 19.3. The number of aromatic nitrogens is 2. The molecule has 22 heavy (non-hydrogen) atoms. The van der Waals surface area contributed by atoms with Crippen LogP contribution in [0.2, 0.25) is 0 Å². The quantitative estimate of drug-likeness (QED) is 0.889. The predicted molar refractivity (Wildman–Crippen MR) is 83.9 cm³/mol. The van der Waals surface area contributed by atoms with Gasteiger partial charge in [-0.25, -0.2) is 4.98 Å². The van der Waals surface area contributed by atoms with E-state index in [4.69, 9.17) is 9.47 Å². The molecule has 0 saturated carbocycles. The summed E-state index contributed by atoms with van der Waals surface area (Å²) in [6, 6.07) is 5.87. The fourth-order valence-corrected chi connectivity index (χ4v) is 2.62. The molecule has 0 spiro atoms. The first-order valence-electron chi connectivity index (χ1n) is 7.67. The van der Waals surface area contributed by atoms with Gasteiger partial charge in [-0.15, -0.1) is 0 Å². The van der Waals surface area contributed by atoms with Crippen molar-refractivity contribution in [1.29, 1.82) is 0 Å². The van der Waals surface area contributed by atoms with Crippen molar-refractivity contribution in [1.82, 2.24) is 9.97 Å². The van der Waals surface area contributed by atoms with Gasteiger partial charge in [0.15, 0.2) is 0 Å². The lowest BCUT2D eigenvalue weighted by molar-refractivity contribution is -0.122. The Labute approximate surface area is 129 Å². The highest BCUT2D eigenvalue weighted by Crippen LogP contribution is 2.17. The van der Waals surface area contributed by atoms with E-state index >= 15 is 0 Å². The van der Waals surface area contributed by atoms with Gasteiger partial charge >= 0.3 is 0 Å². The second kappa shape index (κ2) is 6.89. The van der Waals surface area contributed by atoms with Crippen molar-refractivity contribution in [2.24, 2.45) is 0 Å². The molecule has 118 valence electrons. The molecule has 1 aromatic carbocycles. The number of amides is 1. The summed E-state index contributed by atoms with van der Waals surface area (Å²) in [6.07, 6.45) is 3.40. The van der Waals surface area contributed by atoms with E-state index in [1.165, 1.54) is 6.42 Å². The van der Waals surface area contributed by atoms with Crippen LogP contribution in [0.15, 0.2) is 18.2 Å². The van der Waals surface area contributed by atoms with Crippen molar-refractivity contribution < 1.29 is 14.3 Å². The zero-order valence-corrected chi connectivity index (χ0v) is 12.7. The van der Waals surface area contributed by atoms with Gasteiger partial charge in [0.05, 0.1) is 23.7 Å². The summed E-state index contributed by atoms with van der Waals surface area (Å²) in [6.45, 7) is 3.25. The molecule has 1 aliphatic rings. The largest absolute Gasteiger partial charge is 0.376 e. The average Bonchev–Trinajstić information content (AvgIpc) is 2.92. The second-order valence-electron chi connectivity index (χ2n) is 5.61. The molecule has 6 heteroatoms.